The second kappa shape index (κ2) is 24.1. The molecule has 0 bridgehead atoms. The van der Waals surface area contributed by atoms with Crippen LogP contribution < -0.4 is 5.73 Å². The van der Waals surface area contributed by atoms with E-state index >= 15 is 0 Å². The van der Waals surface area contributed by atoms with Gasteiger partial charge in [-0.2, -0.15) is 0 Å². The first-order valence-electron chi connectivity index (χ1n) is 14.0. The largest absolute Gasteiger partial charge is 0.500 e. The monoisotopic (exact) mass is 509 g/mol. The highest BCUT2D eigenvalue weighted by Gasteiger charge is 2.38. The van der Waals surface area contributed by atoms with Gasteiger partial charge in [0.15, 0.2) is 0 Å². The van der Waals surface area contributed by atoms with Crippen LogP contribution in [-0.2, 0) is 13.3 Å². The molecule has 0 aliphatic heterocycles. The third kappa shape index (κ3) is 19.2. The molecule has 0 aromatic carbocycles. The van der Waals surface area contributed by atoms with Crippen molar-refractivity contribution in [3.05, 3.63) is 0 Å². The van der Waals surface area contributed by atoms with Gasteiger partial charge < -0.3 is 19.0 Å². The van der Waals surface area contributed by atoms with Gasteiger partial charge in [-0.3, -0.25) is 0 Å². The molecule has 0 unspecified atom stereocenters. The molecule has 4 nitrogen and oxygen atoms in total. The minimum Gasteiger partial charge on any atom is -0.377 e. The van der Waals surface area contributed by atoms with Gasteiger partial charge >= 0.3 is 8.80 Å². The summed E-state index contributed by atoms with van der Waals surface area (Å²) in [5.74, 6) is 0. The maximum Gasteiger partial charge on any atom is 0.500 e. The van der Waals surface area contributed by atoms with E-state index < -0.39 is 8.80 Å². The van der Waals surface area contributed by atoms with E-state index in [1.165, 1.54) is 103 Å². The molecule has 0 aliphatic rings. The number of hydrogen-bond donors (Lipinski definition) is 1. The maximum atomic E-state index is 7.01. The van der Waals surface area contributed by atoms with Gasteiger partial charge in [-0.05, 0) is 25.7 Å². The highest BCUT2D eigenvalue weighted by Crippen LogP contribution is 2.28. The summed E-state index contributed by atoms with van der Waals surface area (Å²) in [6, 6.07) is 0.851. The summed E-state index contributed by atoms with van der Waals surface area (Å²) in [5.41, 5.74) is 6.96. The van der Waals surface area contributed by atoms with E-state index in [0.717, 1.165) is 31.7 Å². The van der Waals surface area contributed by atoms with Gasteiger partial charge in [0.25, 0.3) is 0 Å². The molecule has 0 aromatic rings. The SMILES string of the molecule is CCCCCCCCCCC(N)(CCCCCCCCCC)CCC[Si](OC)(OC)OC.Cl. The first-order valence-corrected chi connectivity index (χ1v) is 15.9. The Labute approximate surface area is 215 Å². The Hall–Kier alpha value is 0.347. The lowest BCUT2D eigenvalue weighted by Gasteiger charge is -2.32. The highest BCUT2D eigenvalue weighted by atomic mass is 35.5. The Morgan fingerprint density at radius 2 is 0.818 bits per heavy atom. The number of rotatable bonds is 25. The van der Waals surface area contributed by atoms with Crippen molar-refractivity contribution in [3.63, 3.8) is 0 Å². The predicted molar refractivity (Wildman–Crippen MR) is 149 cm³/mol. The van der Waals surface area contributed by atoms with Crippen molar-refractivity contribution in [2.75, 3.05) is 21.3 Å². The van der Waals surface area contributed by atoms with Crippen LogP contribution in [0.25, 0.3) is 0 Å². The van der Waals surface area contributed by atoms with E-state index in [-0.39, 0.29) is 17.9 Å². The minimum absolute atomic E-state index is 0. The number of halogens is 1. The molecular weight excluding hydrogens is 450 g/mol. The lowest BCUT2D eigenvalue weighted by molar-refractivity contribution is 0.121. The first-order chi connectivity index (χ1) is 15.5. The van der Waals surface area contributed by atoms with Crippen molar-refractivity contribution < 1.29 is 13.3 Å². The normalized spacial score (nSPS) is 12.2. The summed E-state index contributed by atoms with van der Waals surface area (Å²) in [4.78, 5) is 0. The average molecular weight is 510 g/mol. The molecule has 0 atom stereocenters. The molecular formula is C27H60ClNO3Si. The maximum absolute atomic E-state index is 7.01. The van der Waals surface area contributed by atoms with E-state index in [9.17, 15) is 0 Å². The van der Waals surface area contributed by atoms with Gasteiger partial charge in [-0.15, -0.1) is 12.4 Å². The predicted octanol–water partition coefficient (Wildman–Crippen LogP) is 8.83. The summed E-state index contributed by atoms with van der Waals surface area (Å²) in [5, 5.41) is 0. The number of nitrogens with two attached hydrogens (primary N) is 1. The summed E-state index contributed by atoms with van der Waals surface area (Å²) in [6.07, 6.45) is 26.1. The molecule has 0 aliphatic carbocycles. The lowest BCUT2D eigenvalue weighted by Crippen LogP contribution is -2.44. The Morgan fingerprint density at radius 3 is 1.15 bits per heavy atom. The summed E-state index contributed by atoms with van der Waals surface area (Å²) >= 11 is 0. The van der Waals surface area contributed by atoms with Gasteiger partial charge in [0, 0.05) is 32.9 Å². The molecule has 0 amide bonds. The third-order valence-electron chi connectivity index (χ3n) is 7.15. The third-order valence-corrected chi connectivity index (χ3v) is 9.98. The first kappa shape index (κ1) is 35.5. The Bertz CT molecular complexity index is 369. The fraction of sp³-hybridized carbons (Fsp3) is 1.00. The minimum atomic E-state index is -2.49. The highest BCUT2D eigenvalue weighted by molar-refractivity contribution is 6.60. The topological polar surface area (TPSA) is 53.7 Å². The molecule has 0 spiro atoms. The standard InChI is InChI=1S/C27H59NO3Si.ClH/c1-6-8-10-12-14-16-18-20-23-27(28,24-21-19-17-15-13-11-9-7-2)25-22-26-32(29-3,30-4)31-5;/h6-26,28H2,1-5H3;1H. The molecule has 0 aromatic heterocycles. The molecule has 0 saturated heterocycles. The Balaban J connectivity index is 0. The fourth-order valence-corrected chi connectivity index (χ4v) is 6.53. The van der Waals surface area contributed by atoms with Crippen molar-refractivity contribution >= 4 is 21.2 Å². The van der Waals surface area contributed by atoms with E-state index in [4.69, 9.17) is 19.0 Å². The van der Waals surface area contributed by atoms with E-state index in [1.54, 1.807) is 21.3 Å². The van der Waals surface area contributed by atoms with Crippen LogP contribution in [0.3, 0.4) is 0 Å². The van der Waals surface area contributed by atoms with Crippen LogP contribution in [0.5, 0.6) is 0 Å². The van der Waals surface area contributed by atoms with Gasteiger partial charge in [-0.25, -0.2) is 0 Å². The fourth-order valence-electron chi connectivity index (χ4n) is 4.81. The van der Waals surface area contributed by atoms with Crippen molar-refractivity contribution in [2.45, 2.75) is 154 Å². The van der Waals surface area contributed by atoms with Crippen LogP contribution in [0.1, 0.15) is 142 Å². The van der Waals surface area contributed by atoms with Crippen LogP contribution in [0.2, 0.25) is 6.04 Å². The molecule has 0 saturated carbocycles. The number of hydrogen-bond acceptors (Lipinski definition) is 4. The Morgan fingerprint density at radius 1 is 0.515 bits per heavy atom. The average Bonchev–Trinajstić information content (AvgIpc) is 2.81. The smallest absolute Gasteiger partial charge is 0.377 e. The lowest BCUT2D eigenvalue weighted by atomic mass is 9.83. The van der Waals surface area contributed by atoms with Crippen molar-refractivity contribution in [3.8, 4) is 0 Å². The van der Waals surface area contributed by atoms with E-state index in [1.807, 2.05) is 0 Å². The van der Waals surface area contributed by atoms with Crippen molar-refractivity contribution in [1.82, 2.24) is 0 Å². The van der Waals surface area contributed by atoms with E-state index in [2.05, 4.69) is 13.8 Å². The van der Waals surface area contributed by atoms with Gasteiger partial charge in [-0.1, -0.05) is 117 Å². The van der Waals surface area contributed by atoms with Gasteiger partial charge in [0.2, 0.25) is 0 Å². The zero-order valence-electron chi connectivity index (χ0n) is 23.1. The Kier molecular flexibility index (Phi) is 25.9. The summed E-state index contributed by atoms with van der Waals surface area (Å²) in [6.45, 7) is 4.57. The summed E-state index contributed by atoms with van der Waals surface area (Å²) < 4.78 is 16.8. The quantitative estimate of drug-likeness (QED) is 0.0985. The summed E-state index contributed by atoms with van der Waals surface area (Å²) in [7, 11) is 2.62. The molecule has 0 fully saturated rings. The van der Waals surface area contributed by atoms with Crippen LogP contribution in [0.4, 0.5) is 0 Å². The van der Waals surface area contributed by atoms with E-state index in [0.29, 0.717) is 0 Å². The molecule has 202 valence electrons. The van der Waals surface area contributed by atoms with Gasteiger partial charge in [0.05, 0.1) is 0 Å². The van der Waals surface area contributed by atoms with Crippen LogP contribution in [0.15, 0.2) is 0 Å². The van der Waals surface area contributed by atoms with Gasteiger partial charge in [0.1, 0.15) is 0 Å². The van der Waals surface area contributed by atoms with Crippen molar-refractivity contribution in [1.29, 1.82) is 0 Å². The number of unbranched alkanes of at least 4 members (excludes halogenated alkanes) is 14. The van der Waals surface area contributed by atoms with Crippen LogP contribution >= 0.6 is 12.4 Å². The zero-order chi connectivity index (χ0) is 24.0. The molecule has 33 heavy (non-hydrogen) atoms. The van der Waals surface area contributed by atoms with Crippen molar-refractivity contribution in [2.24, 2.45) is 5.73 Å². The van der Waals surface area contributed by atoms with Crippen LogP contribution in [0, 0.1) is 0 Å². The molecule has 0 radical (unpaired) electrons. The second-order valence-electron chi connectivity index (χ2n) is 9.96. The second-order valence-corrected chi connectivity index (χ2v) is 13.1. The zero-order valence-corrected chi connectivity index (χ0v) is 24.9. The molecule has 2 N–H and O–H groups in total. The molecule has 0 rings (SSSR count). The molecule has 6 heteroatoms. The van der Waals surface area contributed by atoms with Crippen LogP contribution in [-0.4, -0.2) is 35.7 Å². The molecule has 0 heterocycles.